The quantitative estimate of drug-likeness (QED) is 0.402. The van der Waals surface area contributed by atoms with Crippen LogP contribution in [0.25, 0.3) is 0 Å². The molecular weight excluding hydrogens is 188 g/mol. The summed E-state index contributed by atoms with van der Waals surface area (Å²) in [7, 11) is 0. The van der Waals surface area contributed by atoms with Gasteiger partial charge in [0, 0.05) is 0 Å². The van der Waals surface area contributed by atoms with Gasteiger partial charge >= 0.3 is 0 Å². The lowest BCUT2D eigenvalue weighted by molar-refractivity contribution is -0.0256. The van der Waals surface area contributed by atoms with Crippen LogP contribution in [0.2, 0.25) is 0 Å². The van der Waals surface area contributed by atoms with Gasteiger partial charge in [-0.3, -0.25) is 0 Å². The average Bonchev–Trinajstić information content (AvgIpc) is 3.03. The first-order valence-corrected chi connectivity index (χ1v) is 5.97. The summed E-state index contributed by atoms with van der Waals surface area (Å²) < 4.78 is 11.2. The van der Waals surface area contributed by atoms with E-state index in [4.69, 9.17) is 9.47 Å². The van der Waals surface area contributed by atoms with Crippen LogP contribution in [0.1, 0.15) is 38.5 Å². The molecule has 0 aromatic carbocycles. The fourth-order valence-corrected chi connectivity index (χ4v) is 2.27. The van der Waals surface area contributed by atoms with Crippen molar-refractivity contribution in [3.8, 4) is 0 Å². The van der Waals surface area contributed by atoms with E-state index in [1.54, 1.807) is 0 Å². The van der Waals surface area contributed by atoms with Gasteiger partial charge in [0.15, 0.2) is 0 Å². The fourth-order valence-electron chi connectivity index (χ4n) is 2.27. The zero-order valence-electron chi connectivity index (χ0n) is 9.34. The van der Waals surface area contributed by atoms with Gasteiger partial charge in [-0.15, -0.1) is 5.73 Å². The number of hydrogen-bond donors (Lipinski definition) is 0. The van der Waals surface area contributed by atoms with E-state index in [0.717, 1.165) is 26.1 Å². The molecule has 1 saturated carbocycles. The Morgan fingerprint density at radius 3 is 2.53 bits per heavy atom. The second-order valence-corrected chi connectivity index (χ2v) is 4.59. The standard InChI is InChI=1S/C13H20O2/c1-2-7-13(15-11-12-10-14-12)8-5-3-4-6-9-13/h7,12H,1,3-6,8-11H2. The molecule has 1 atom stereocenters. The summed E-state index contributed by atoms with van der Waals surface area (Å²) in [5.74, 6) is 0. The Morgan fingerprint density at radius 2 is 2.00 bits per heavy atom. The Labute approximate surface area is 92.0 Å². The van der Waals surface area contributed by atoms with E-state index < -0.39 is 0 Å². The molecule has 15 heavy (non-hydrogen) atoms. The van der Waals surface area contributed by atoms with Crippen LogP contribution >= 0.6 is 0 Å². The highest BCUT2D eigenvalue weighted by Crippen LogP contribution is 2.32. The summed E-state index contributed by atoms with van der Waals surface area (Å²) in [6.45, 7) is 5.28. The molecule has 0 aromatic rings. The van der Waals surface area contributed by atoms with E-state index in [2.05, 4.69) is 12.3 Å². The van der Waals surface area contributed by atoms with E-state index in [9.17, 15) is 0 Å². The van der Waals surface area contributed by atoms with Crippen molar-refractivity contribution in [2.75, 3.05) is 13.2 Å². The van der Waals surface area contributed by atoms with Crippen molar-refractivity contribution in [1.29, 1.82) is 0 Å². The molecule has 0 radical (unpaired) electrons. The van der Waals surface area contributed by atoms with Crippen LogP contribution in [0.15, 0.2) is 18.4 Å². The maximum absolute atomic E-state index is 6.03. The van der Waals surface area contributed by atoms with Gasteiger partial charge in [0.2, 0.25) is 0 Å². The van der Waals surface area contributed by atoms with Crippen molar-refractivity contribution in [3.05, 3.63) is 18.4 Å². The minimum Gasteiger partial charge on any atom is -0.371 e. The average molecular weight is 208 g/mol. The second kappa shape index (κ2) is 4.98. The molecule has 2 nitrogen and oxygen atoms in total. The molecule has 0 amide bonds. The molecule has 84 valence electrons. The number of hydrogen-bond acceptors (Lipinski definition) is 2. The van der Waals surface area contributed by atoms with Gasteiger partial charge < -0.3 is 9.47 Å². The Morgan fingerprint density at radius 1 is 1.33 bits per heavy atom. The predicted octanol–water partition coefficient (Wildman–Crippen LogP) is 2.84. The molecule has 0 N–H and O–H groups in total. The number of rotatable bonds is 4. The van der Waals surface area contributed by atoms with Crippen LogP contribution in [0.5, 0.6) is 0 Å². The molecule has 1 aliphatic heterocycles. The lowest BCUT2D eigenvalue weighted by atomic mass is 9.94. The van der Waals surface area contributed by atoms with Gasteiger partial charge in [0.1, 0.15) is 6.10 Å². The lowest BCUT2D eigenvalue weighted by Gasteiger charge is -2.28. The Hall–Kier alpha value is -0.560. The summed E-state index contributed by atoms with van der Waals surface area (Å²) in [4.78, 5) is 0. The largest absolute Gasteiger partial charge is 0.371 e. The van der Waals surface area contributed by atoms with Crippen LogP contribution in [0.3, 0.4) is 0 Å². The first kappa shape index (κ1) is 10.9. The van der Waals surface area contributed by atoms with Crippen molar-refractivity contribution in [3.63, 3.8) is 0 Å². The fraction of sp³-hybridized carbons (Fsp3) is 0.769. The molecule has 2 heteroatoms. The van der Waals surface area contributed by atoms with E-state index in [1.165, 1.54) is 25.7 Å². The third kappa shape index (κ3) is 3.20. The molecule has 2 fully saturated rings. The Balaban J connectivity index is 1.95. The predicted molar refractivity (Wildman–Crippen MR) is 59.8 cm³/mol. The van der Waals surface area contributed by atoms with E-state index in [0.29, 0.717) is 6.10 Å². The van der Waals surface area contributed by atoms with Gasteiger partial charge in [0.05, 0.1) is 18.8 Å². The van der Waals surface area contributed by atoms with Crippen LogP contribution < -0.4 is 0 Å². The molecule has 1 saturated heterocycles. The van der Waals surface area contributed by atoms with Crippen molar-refractivity contribution in [1.82, 2.24) is 0 Å². The summed E-state index contributed by atoms with van der Waals surface area (Å²) in [6, 6.07) is 0. The number of epoxide rings is 1. The minimum atomic E-state index is -0.0931. The van der Waals surface area contributed by atoms with Gasteiger partial charge in [-0.25, -0.2) is 0 Å². The second-order valence-electron chi connectivity index (χ2n) is 4.59. The van der Waals surface area contributed by atoms with E-state index in [1.807, 2.05) is 6.08 Å². The SMILES string of the molecule is C=C=CC1(OCC2CO2)CCCCCC1. The Bertz CT molecular complexity index is 241. The van der Waals surface area contributed by atoms with Crippen LogP contribution in [-0.4, -0.2) is 24.9 Å². The van der Waals surface area contributed by atoms with E-state index >= 15 is 0 Å². The Kier molecular flexibility index (Phi) is 3.63. The maximum Gasteiger partial charge on any atom is 0.104 e. The smallest absolute Gasteiger partial charge is 0.104 e. The van der Waals surface area contributed by atoms with E-state index in [-0.39, 0.29) is 5.60 Å². The van der Waals surface area contributed by atoms with Crippen molar-refractivity contribution in [2.24, 2.45) is 0 Å². The van der Waals surface area contributed by atoms with Gasteiger partial charge in [-0.05, 0) is 18.9 Å². The monoisotopic (exact) mass is 208 g/mol. The third-order valence-electron chi connectivity index (χ3n) is 3.27. The molecule has 1 heterocycles. The maximum atomic E-state index is 6.03. The normalized spacial score (nSPS) is 28.9. The van der Waals surface area contributed by atoms with Crippen molar-refractivity contribution in [2.45, 2.75) is 50.2 Å². The third-order valence-corrected chi connectivity index (χ3v) is 3.27. The van der Waals surface area contributed by atoms with Crippen LogP contribution in [-0.2, 0) is 9.47 Å². The summed E-state index contributed by atoms with van der Waals surface area (Å²) in [5.41, 5.74) is 2.82. The molecule has 0 aromatic heterocycles. The molecule has 2 aliphatic rings. The highest BCUT2D eigenvalue weighted by molar-refractivity contribution is 5.01. The molecule has 2 rings (SSSR count). The zero-order valence-corrected chi connectivity index (χ0v) is 9.34. The van der Waals surface area contributed by atoms with Gasteiger partial charge in [0.25, 0.3) is 0 Å². The summed E-state index contributed by atoms with van der Waals surface area (Å²) >= 11 is 0. The lowest BCUT2D eigenvalue weighted by Crippen LogP contribution is -2.31. The first-order chi connectivity index (χ1) is 7.35. The zero-order chi connectivity index (χ0) is 10.6. The van der Waals surface area contributed by atoms with Gasteiger partial charge in [-0.1, -0.05) is 32.3 Å². The van der Waals surface area contributed by atoms with Crippen LogP contribution in [0, 0.1) is 0 Å². The highest BCUT2D eigenvalue weighted by atomic mass is 16.6. The molecular formula is C13H20O2. The van der Waals surface area contributed by atoms with Crippen LogP contribution in [0.4, 0.5) is 0 Å². The van der Waals surface area contributed by atoms with Crippen molar-refractivity contribution >= 4 is 0 Å². The topological polar surface area (TPSA) is 21.8 Å². The molecule has 0 bridgehead atoms. The first-order valence-electron chi connectivity index (χ1n) is 5.97. The molecule has 0 spiro atoms. The number of ether oxygens (including phenoxy) is 2. The minimum absolute atomic E-state index is 0.0931. The van der Waals surface area contributed by atoms with Gasteiger partial charge in [-0.2, -0.15) is 0 Å². The highest BCUT2D eigenvalue weighted by Gasteiger charge is 2.32. The molecule has 1 aliphatic carbocycles. The molecule has 1 unspecified atom stereocenters. The summed E-state index contributed by atoms with van der Waals surface area (Å²) in [6.07, 6.45) is 9.77. The summed E-state index contributed by atoms with van der Waals surface area (Å²) in [5, 5.41) is 0. The van der Waals surface area contributed by atoms with Crippen molar-refractivity contribution < 1.29 is 9.47 Å².